The van der Waals surface area contributed by atoms with Gasteiger partial charge in [-0.15, -0.1) is 0 Å². The van der Waals surface area contributed by atoms with Crippen molar-refractivity contribution in [3.05, 3.63) is 65.7 Å². The van der Waals surface area contributed by atoms with Crippen LogP contribution in [0.2, 0.25) is 0 Å². The second kappa shape index (κ2) is 6.90. The summed E-state index contributed by atoms with van der Waals surface area (Å²) in [5.41, 5.74) is 7.84. The minimum Gasteiger partial charge on any atom is -0.380 e. The highest BCUT2D eigenvalue weighted by atomic mass is 32.2. The number of hydrogen-bond acceptors (Lipinski definition) is 4. The quantitative estimate of drug-likeness (QED) is 0.825. The van der Waals surface area contributed by atoms with E-state index in [4.69, 9.17) is 10.5 Å². The largest absolute Gasteiger partial charge is 0.380 e. The van der Waals surface area contributed by atoms with Crippen LogP contribution in [0.4, 0.5) is 0 Å². The summed E-state index contributed by atoms with van der Waals surface area (Å²) in [7, 11) is -3.52. The van der Waals surface area contributed by atoms with Gasteiger partial charge in [0.1, 0.15) is 0 Å². The van der Waals surface area contributed by atoms with Crippen LogP contribution in [-0.4, -0.2) is 32.4 Å². The maximum absolute atomic E-state index is 13.1. The van der Waals surface area contributed by atoms with Gasteiger partial charge in [-0.25, -0.2) is 8.42 Å². The summed E-state index contributed by atoms with van der Waals surface area (Å²) in [6.45, 7) is 4.73. The minimum atomic E-state index is -3.52. The Bertz CT molecular complexity index is 818. The molecule has 1 saturated carbocycles. The number of nitrogens with two attached hydrogens (primary N) is 1. The molecule has 134 valence electrons. The van der Waals surface area contributed by atoms with Crippen LogP contribution >= 0.6 is 0 Å². The fraction of sp³-hybridized carbons (Fsp3) is 0.400. The van der Waals surface area contributed by atoms with Crippen molar-refractivity contribution in [2.24, 2.45) is 5.73 Å². The summed E-state index contributed by atoms with van der Waals surface area (Å²) in [5.74, 6) is -0.254. The lowest BCUT2D eigenvalue weighted by Crippen LogP contribution is -2.36. The van der Waals surface area contributed by atoms with Crippen LogP contribution < -0.4 is 5.73 Å². The average Bonchev–Trinajstić information content (AvgIpc) is 3.27. The lowest BCUT2D eigenvalue weighted by atomic mass is 10.0. The Morgan fingerprint density at radius 3 is 2.24 bits per heavy atom. The monoisotopic (exact) mass is 359 g/mol. The number of benzene rings is 2. The molecule has 3 atom stereocenters. The maximum atomic E-state index is 13.1. The molecule has 2 aromatic carbocycles. The van der Waals surface area contributed by atoms with Gasteiger partial charge in [0.25, 0.3) is 0 Å². The predicted molar refractivity (Wildman–Crippen MR) is 99.4 cm³/mol. The molecule has 0 aliphatic heterocycles. The first-order valence-corrected chi connectivity index (χ1v) is 10.2. The van der Waals surface area contributed by atoms with Crippen LogP contribution in [0.25, 0.3) is 0 Å². The van der Waals surface area contributed by atoms with Gasteiger partial charge in [0, 0.05) is 12.5 Å². The second-order valence-electron chi connectivity index (χ2n) is 6.60. The third-order valence-electron chi connectivity index (χ3n) is 5.01. The Balaban J connectivity index is 1.97. The fourth-order valence-electron chi connectivity index (χ4n) is 3.54. The Morgan fingerprint density at radius 1 is 1.04 bits per heavy atom. The van der Waals surface area contributed by atoms with Crippen molar-refractivity contribution in [3.8, 4) is 0 Å². The number of hydrogen-bond donors (Lipinski definition) is 1. The predicted octanol–water partition coefficient (Wildman–Crippen LogP) is 2.92. The van der Waals surface area contributed by atoms with E-state index in [0.29, 0.717) is 11.5 Å². The van der Waals surface area contributed by atoms with E-state index in [2.05, 4.69) is 6.92 Å². The average molecular weight is 359 g/mol. The zero-order valence-corrected chi connectivity index (χ0v) is 15.5. The molecule has 2 aromatic rings. The lowest BCUT2D eigenvalue weighted by molar-refractivity contribution is 0.125. The van der Waals surface area contributed by atoms with Crippen LogP contribution in [0.15, 0.2) is 59.5 Å². The van der Waals surface area contributed by atoms with Gasteiger partial charge in [-0.1, -0.05) is 49.4 Å². The van der Waals surface area contributed by atoms with Crippen molar-refractivity contribution in [2.45, 2.75) is 41.9 Å². The van der Waals surface area contributed by atoms with E-state index in [-0.39, 0.29) is 12.5 Å². The molecule has 1 aliphatic rings. The summed E-state index contributed by atoms with van der Waals surface area (Å²) in [4.78, 5) is 0.319. The Labute approximate surface area is 149 Å². The van der Waals surface area contributed by atoms with Gasteiger partial charge in [-0.2, -0.15) is 0 Å². The number of rotatable bonds is 7. The van der Waals surface area contributed by atoms with Gasteiger partial charge in [-0.05, 0) is 36.6 Å². The van der Waals surface area contributed by atoms with Gasteiger partial charge in [-0.3, -0.25) is 0 Å². The zero-order valence-electron chi connectivity index (χ0n) is 14.7. The van der Waals surface area contributed by atoms with Crippen molar-refractivity contribution >= 4 is 9.84 Å². The van der Waals surface area contributed by atoms with E-state index in [1.165, 1.54) is 5.56 Å². The minimum absolute atomic E-state index is 0.237. The van der Waals surface area contributed by atoms with E-state index in [0.717, 1.165) is 12.0 Å². The van der Waals surface area contributed by atoms with Crippen molar-refractivity contribution in [1.82, 2.24) is 0 Å². The van der Waals surface area contributed by atoms with Crippen LogP contribution in [0.1, 0.15) is 30.9 Å². The highest BCUT2D eigenvalue weighted by molar-refractivity contribution is 7.92. The highest BCUT2D eigenvalue weighted by Gasteiger charge is 2.69. The Kier molecular flexibility index (Phi) is 5.00. The Hall–Kier alpha value is -1.69. The highest BCUT2D eigenvalue weighted by Crippen LogP contribution is 2.55. The molecule has 0 aromatic heterocycles. The van der Waals surface area contributed by atoms with Gasteiger partial charge >= 0.3 is 0 Å². The summed E-state index contributed by atoms with van der Waals surface area (Å²) in [6.07, 6.45) is 0.948. The molecule has 0 saturated heterocycles. The Morgan fingerprint density at radius 2 is 1.68 bits per heavy atom. The number of aryl methyl sites for hydroxylation is 1. The van der Waals surface area contributed by atoms with Gasteiger partial charge in [0.2, 0.25) is 0 Å². The third-order valence-corrected chi connectivity index (χ3v) is 7.32. The van der Waals surface area contributed by atoms with Crippen molar-refractivity contribution < 1.29 is 13.2 Å². The third kappa shape index (κ3) is 3.24. The first-order chi connectivity index (χ1) is 11.9. The second-order valence-corrected chi connectivity index (χ2v) is 8.67. The molecule has 0 unspecified atom stereocenters. The summed E-state index contributed by atoms with van der Waals surface area (Å²) >= 11 is 0. The van der Waals surface area contributed by atoms with Crippen LogP contribution in [0, 0.1) is 0 Å². The molecule has 3 rings (SSSR count). The van der Waals surface area contributed by atoms with E-state index in [1.807, 2.05) is 37.3 Å². The van der Waals surface area contributed by atoms with Gasteiger partial charge in [0.05, 0.1) is 22.3 Å². The van der Waals surface area contributed by atoms with Gasteiger partial charge < -0.3 is 10.5 Å². The maximum Gasteiger partial charge on any atom is 0.183 e. The fourth-order valence-corrected chi connectivity index (χ4v) is 5.86. The van der Waals surface area contributed by atoms with Crippen molar-refractivity contribution in [2.75, 3.05) is 13.2 Å². The van der Waals surface area contributed by atoms with E-state index in [9.17, 15) is 8.42 Å². The molecule has 0 bridgehead atoms. The molecule has 2 N–H and O–H groups in total. The molecule has 4 nitrogen and oxygen atoms in total. The lowest BCUT2D eigenvalue weighted by Gasteiger charge is -2.12. The van der Waals surface area contributed by atoms with Gasteiger partial charge in [0.15, 0.2) is 9.84 Å². The first-order valence-electron chi connectivity index (χ1n) is 8.69. The van der Waals surface area contributed by atoms with Crippen LogP contribution in [0.5, 0.6) is 0 Å². The molecule has 1 aliphatic carbocycles. The van der Waals surface area contributed by atoms with Crippen LogP contribution in [0.3, 0.4) is 0 Å². The topological polar surface area (TPSA) is 69.4 Å². The van der Waals surface area contributed by atoms with E-state index >= 15 is 0 Å². The summed E-state index contributed by atoms with van der Waals surface area (Å²) in [6, 6.07) is 16.6. The van der Waals surface area contributed by atoms with Crippen LogP contribution in [-0.2, 0) is 21.0 Å². The number of sulfone groups is 1. The molecule has 0 radical (unpaired) electrons. The van der Waals surface area contributed by atoms with E-state index < -0.39 is 20.6 Å². The van der Waals surface area contributed by atoms with E-state index in [1.54, 1.807) is 24.3 Å². The molecule has 0 heterocycles. The molecule has 0 spiro atoms. The molecule has 25 heavy (non-hydrogen) atoms. The zero-order chi connectivity index (χ0) is 18.1. The standard InChI is InChI=1S/C20H25NO3S/c1-3-15-10-12-16(13-11-15)18-19(20(18,21)14-24-4-2)25(22,23)17-8-6-5-7-9-17/h5-13,18-19H,3-4,14,21H2,1-2H3/t18-,19+,20-/m0/s1. The normalized spacial score (nSPS) is 25.7. The SMILES string of the molecule is CCOC[C@@]1(N)[C@H](S(=O)(=O)c2ccccc2)[C@@H]1c1ccc(CC)cc1. The molecule has 5 heteroatoms. The van der Waals surface area contributed by atoms with Crippen molar-refractivity contribution in [3.63, 3.8) is 0 Å². The first kappa shape index (κ1) is 18.1. The molecule has 1 fully saturated rings. The number of ether oxygens (including phenoxy) is 1. The smallest absolute Gasteiger partial charge is 0.183 e. The van der Waals surface area contributed by atoms with Crippen molar-refractivity contribution in [1.29, 1.82) is 0 Å². The molecular formula is C20H25NO3S. The summed E-state index contributed by atoms with van der Waals surface area (Å²) in [5, 5.41) is -0.665. The summed E-state index contributed by atoms with van der Waals surface area (Å²) < 4.78 is 31.8. The molecule has 0 amide bonds. The molecular weight excluding hydrogens is 334 g/mol.